The first-order chi connectivity index (χ1) is 15.8. The second-order valence-corrected chi connectivity index (χ2v) is 8.04. The van der Waals surface area contributed by atoms with Gasteiger partial charge in [0.1, 0.15) is 12.0 Å². The number of nitrogens with one attached hydrogen (secondary N) is 4. The predicted molar refractivity (Wildman–Crippen MR) is 119 cm³/mol. The topological polar surface area (TPSA) is 145 Å². The first kappa shape index (κ1) is 24.6. The van der Waals surface area contributed by atoms with Crippen LogP contribution < -0.4 is 21.5 Å². The Kier molecular flexibility index (Phi) is 8.78. The summed E-state index contributed by atoms with van der Waals surface area (Å²) < 4.78 is 10.9. The molecule has 3 rings (SSSR count). The molecule has 0 aliphatic carbocycles. The zero-order chi connectivity index (χ0) is 23.8. The lowest BCUT2D eigenvalue weighted by Crippen LogP contribution is -2.48. The number of carboxylic acid groups (broad SMARTS) is 1. The molecule has 1 atom stereocenters. The molecule has 1 unspecified atom stereocenters. The highest BCUT2D eigenvalue weighted by atomic mass is 35.5. The lowest BCUT2D eigenvalue weighted by Gasteiger charge is -2.33. The molecule has 13 heteroatoms. The van der Waals surface area contributed by atoms with Crippen LogP contribution in [0.4, 0.5) is 9.59 Å². The van der Waals surface area contributed by atoms with E-state index in [9.17, 15) is 14.4 Å². The summed E-state index contributed by atoms with van der Waals surface area (Å²) in [5.41, 5.74) is 4.87. The number of hydrogen-bond donors (Lipinski definition) is 5. The van der Waals surface area contributed by atoms with E-state index in [1.54, 1.807) is 11.5 Å². The molecule has 1 aliphatic rings. The Hall–Kier alpha value is -2.99. The molecule has 4 amide bonds. The maximum atomic E-state index is 12.1. The molecule has 1 aromatic carbocycles. The van der Waals surface area contributed by atoms with Crippen LogP contribution in [0.25, 0.3) is 0 Å². The van der Waals surface area contributed by atoms with E-state index in [-0.39, 0.29) is 18.2 Å². The normalized spacial score (nSPS) is 16.1. The van der Waals surface area contributed by atoms with E-state index in [0.717, 1.165) is 18.4 Å². The van der Waals surface area contributed by atoms with Gasteiger partial charge < -0.3 is 24.9 Å². The van der Waals surface area contributed by atoms with Gasteiger partial charge in [0.05, 0.1) is 34.9 Å². The van der Waals surface area contributed by atoms with Crippen molar-refractivity contribution in [2.75, 3.05) is 26.2 Å². The number of amides is 4. The molecule has 1 aliphatic heterocycles. The molecule has 0 radical (unpaired) electrons. The van der Waals surface area contributed by atoms with E-state index < -0.39 is 18.0 Å². The Morgan fingerprint density at radius 3 is 2.70 bits per heavy atom. The number of benzene rings is 1. The van der Waals surface area contributed by atoms with E-state index in [2.05, 4.69) is 15.5 Å². The summed E-state index contributed by atoms with van der Waals surface area (Å²) in [4.78, 5) is 36.4. The summed E-state index contributed by atoms with van der Waals surface area (Å²) in [7, 11) is 0. The predicted octanol–water partition coefficient (Wildman–Crippen LogP) is 2.20. The van der Waals surface area contributed by atoms with Gasteiger partial charge in [0.25, 0.3) is 5.91 Å². The van der Waals surface area contributed by atoms with E-state index in [1.807, 2.05) is 17.6 Å². The Bertz CT molecular complexity index is 1000. The Morgan fingerprint density at radius 1 is 1.12 bits per heavy atom. The van der Waals surface area contributed by atoms with Crippen LogP contribution in [0.3, 0.4) is 0 Å². The van der Waals surface area contributed by atoms with Gasteiger partial charge in [0.15, 0.2) is 0 Å². The summed E-state index contributed by atoms with van der Waals surface area (Å²) in [5.74, 6) is -0.357. The van der Waals surface area contributed by atoms with Gasteiger partial charge in [-0.2, -0.15) is 0 Å². The van der Waals surface area contributed by atoms with E-state index in [1.165, 1.54) is 6.07 Å². The number of halogens is 2. The van der Waals surface area contributed by atoms with Crippen LogP contribution in [0.15, 0.2) is 34.9 Å². The summed E-state index contributed by atoms with van der Waals surface area (Å²) in [6, 6.07) is 6.51. The number of carbonyl (C=O) groups excluding carboxylic acids is 2. The van der Waals surface area contributed by atoms with Crippen LogP contribution in [-0.2, 0) is 17.8 Å². The first-order valence-electron chi connectivity index (χ1n) is 9.96. The second-order valence-electron chi connectivity index (χ2n) is 7.23. The lowest BCUT2D eigenvalue weighted by molar-refractivity contribution is -0.0287. The van der Waals surface area contributed by atoms with Crippen LogP contribution in [0.2, 0.25) is 10.0 Å². The average molecular weight is 500 g/mol. The fourth-order valence-electron chi connectivity index (χ4n) is 3.15. The Balaban J connectivity index is 1.38. The number of furan rings is 1. The molecule has 33 heavy (non-hydrogen) atoms. The number of morpholine rings is 1. The maximum absolute atomic E-state index is 12.1. The molecule has 11 nitrogen and oxygen atoms in total. The molecule has 1 fully saturated rings. The van der Waals surface area contributed by atoms with Crippen LogP contribution in [0, 0.1) is 0 Å². The molecule has 2 aromatic rings. The third-order valence-electron chi connectivity index (χ3n) is 4.73. The van der Waals surface area contributed by atoms with Crippen LogP contribution >= 0.6 is 23.2 Å². The quantitative estimate of drug-likeness (QED) is 0.367. The van der Waals surface area contributed by atoms with Crippen LogP contribution in [-0.4, -0.2) is 60.4 Å². The van der Waals surface area contributed by atoms with Gasteiger partial charge in [-0.25, -0.2) is 15.0 Å². The zero-order valence-corrected chi connectivity index (χ0v) is 18.9. The van der Waals surface area contributed by atoms with Gasteiger partial charge in [-0.05, 0) is 23.8 Å². The van der Waals surface area contributed by atoms with Crippen molar-refractivity contribution in [3.8, 4) is 0 Å². The van der Waals surface area contributed by atoms with E-state index in [0.29, 0.717) is 42.0 Å². The monoisotopic (exact) mass is 499 g/mol. The van der Waals surface area contributed by atoms with Crippen LogP contribution in [0.1, 0.15) is 21.7 Å². The van der Waals surface area contributed by atoms with Gasteiger partial charge in [-0.1, -0.05) is 29.3 Å². The molecule has 1 aromatic heterocycles. The molecule has 0 spiro atoms. The number of hydrazine groups is 1. The highest BCUT2D eigenvalue weighted by Crippen LogP contribution is 2.23. The van der Waals surface area contributed by atoms with Crippen molar-refractivity contribution in [2.24, 2.45) is 0 Å². The van der Waals surface area contributed by atoms with Crippen molar-refractivity contribution in [3.05, 3.63) is 57.5 Å². The minimum Gasteiger partial charge on any atom is -0.467 e. The first-order valence-corrected chi connectivity index (χ1v) is 10.7. The van der Waals surface area contributed by atoms with Crippen molar-refractivity contribution in [1.29, 1.82) is 0 Å². The maximum Gasteiger partial charge on any atom is 0.423 e. The van der Waals surface area contributed by atoms with Crippen molar-refractivity contribution >= 4 is 41.2 Å². The molecule has 178 valence electrons. The van der Waals surface area contributed by atoms with E-state index in [4.69, 9.17) is 37.5 Å². The van der Waals surface area contributed by atoms with Crippen LogP contribution in [0.5, 0.6) is 0 Å². The molecule has 0 bridgehead atoms. The summed E-state index contributed by atoms with van der Waals surface area (Å²) >= 11 is 12.0. The largest absolute Gasteiger partial charge is 0.467 e. The van der Waals surface area contributed by atoms with Gasteiger partial charge in [-0.15, -0.1) is 0 Å². The molecular formula is C20H23Cl2N5O6. The second kappa shape index (κ2) is 11.8. The average Bonchev–Trinajstić information content (AvgIpc) is 3.26. The number of rotatable bonds is 7. The van der Waals surface area contributed by atoms with Gasteiger partial charge in [0.2, 0.25) is 0 Å². The molecular weight excluding hydrogens is 477 g/mol. The Labute approximate surface area is 199 Å². The van der Waals surface area contributed by atoms with Crippen molar-refractivity contribution in [3.63, 3.8) is 0 Å². The van der Waals surface area contributed by atoms with Crippen molar-refractivity contribution < 1.29 is 28.6 Å². The lowest BCUT2D eigenvalue weighted by atomic mass is 10.2. The number of ether oxygens (including phenoxy) is 1. The zero-order valence-electron chi connectivity index (χ0n) is 17.4. The van der Waals surface area contributed by atoms with Gasteiger partial charge >= 0.3 is 12.1 Å². The third-order valence-corrected chi connectivity index (χ3v) is 5.46. The fourth-order valence-corrected chi connectivity index (χ4v) is 3.48. The third kappa shape index (κ3) is 7.82. The van der Waals surface area contributed by atoms with E-state index >= 15 is 0 Å². The van der Waals surface area contributed by atoms with Gasteiger partial charge in [-0.3, -0.25) is 15.1 Å². The summed E-state index contributed by atoms with van der Waals surface area (Å²) in [6.07, 6.45) is -0.413. The number of hydrogen-bond acceptors (Lipinski definition) is 6. The molecule has 5 N–H and O–H groups in total. The van der Waals surface area contributed by atoms with Crippen molar-refractivity contribution in [1.82, 2.24) is 26.4 Å². The Morgan fingerprint density at radius 2 is 1.94 bits per heavy atom. The standard InChI is InChI=1S/C20H23Cl2N5O6/c21-16-2-1-12(5-17(16)22)9-27-3-4-32-15(10-27)8-24-19(29)23-7-14-6-13(11-33-14)18(28)25-26-20(30)31/h1-2,5-6,11,15,26H,3-4,7-10H2,(H,25,28)(H,30,31)(H2,23,24,29). The summed E-state index contributed by atoms with van der Waals surface area (Å²) in [6.45, 7) is 3.00. The minimum absolute atomic E-state index is 0.0421. The number of urea groups is 1. The molecule has 0 saturated carbocycles. The summed E-state index contributed by atoms with van der Waals surface area (Å²) in [5, 5.41) is 14.9. The number of nitrogens with zero attached hydrogens (tertiary/aromatic N) is 1. The highest BCUT2D eigenvalue weighted by Gasteiger charge is 2.21. The minimum atomic E-state index is -1.40. The molecule has 1 saturated heterocycles. The smallest absolute Gasteiger partial charge is 0.423 e. The van der Waals surface area contributed by atoms with Crippen molar-refractivity contribution in [2.45, 2.75) is 19.2 Å². The SMILES string of the molecule is O=C(O)NNC(=O)c1coc(CNC(=O)NCC2CN(Cc3ccc(Cl)c(Cl)c3)CCO2)c1. The fraction of sp³-hybridized carbons (Fsp3) is 0.350. The highest BCUT2D eigenvalue weighted by molar-refractivity contribution is 6.42. The number of carbonyl (C=O) groups is 3. The molecule has 2 heterocycles. The van der Waals surface area contributed by atoms with Gasteiger partial charge in [0, 0.05) is 26.2 Å².